The molecule has 12 aromatic heterocycles. The zero-order valence-corrected chi connectivity index (χ0v) is 76.0. The van der Waals surface area contributed by atoms with Crippen molar-refractivity contribution in [3.63, 3.8) is 0 Å². The van der Waals surface area contributed by atoms with Gasteiger partial charge in [-0.2, -0.15) is 15.0 Å². The number of phosphoric ester groups is 4. The van der Waals surface area contributed by atoms with Gasteiger partial charge in [0.05, 0.1) is 95.2 Å². The number of fused-ring (bicyclic) bond motifs is 15. The lowest BCUT2D eigenvalue weighted by atomic mass is 10.1. The summed E-state index contributed by atoms with van der Waals surface area (Å²) in [7, 11) is -20.1. The quantitative estimate of drug-likeness (QED) is 0.0443. The monoisotopic (exact) mass is 2060 g/mol. The number of hydrogen-bond donors (Lipinski definition) is 19. The van der Waals surface area contributed by atoms with Gasteiger partial charge in [-0.3, -0.25) is 107 Å². The highest BCUT2D eigenvalue weighted by Gasteiger charge is 2.58. The van der Waals surface area contributed by atoms with Crippen molar-refractivity contribution in [2.75, 3.05) is 68.3 Å². The highest BCUT2D eigenvalue weighted by molar-refractivity contribution is 8.44. The molecule has 6 bridgehead atoms. The highest BCUT2D eigenvalue weighted by atomic mass is 32.7. The second-order valence-corrected chi connectivity index (χ2v) is 42.7. The number of nitrogen functional groups attached to an aromatic ring is 5. The van der Waals surface area contributed by atoms with E-state index >= 15 is 0 Å². The van der Waals surface area contributed by atoms with Crippen LogP contribution in [0, 0.1) is 0 Å². The molecule has 12 aromatic rings. The number of anilines is 5. The van der Waals surface area contributed by atoms with Crippen molar-refractivity contribution in [2.24, 2.45) is 11.5 Å². The number of carbonyl (C=O) groups excluding carboxylic acids is 1. The molecule has 21 heterocycles. The first-order valence-electron chi connectivity index (χ1n) is 40.0. The second-order valence-electron chi connectivity index (χ2n) is 31.4. The van der Waals surface area contributed by atoms with Gasteiger partial charge in [-0.15, -0.1) is 0 Å². The fraction of sp³-hybridized carbons (Fsp3) is 0.477. The first-order chi connectivity index (χ1) is 64.4. The Hall–Kier alpha value is -9.39. The summed E-state index contributed by atoms with van der Waals surface area (Å²) in [4.78, 5) is 159. The number of H-pyrrole nitrogens is 3. The van der Waals surface area contributed by atoms with Gasteiger partial charge in [0.15, 0.2) is 87.9 Å². The van der Waals surface area contributed by atoms with Crippen molar-refractivity contribution in [1.29, 1.82) is 0 Å². The molecule has 71 heteroatoms. The number of aliphatic hydroxyl groups excluding tert-OH is 3. The van der Waals surface area contributed by atoms with Crippen LogP contribution in [0.3, 0.4) is 0 Å². The number of ketones is 1. The maximum Gasteiger partial charge on any atom is 0.472 e. The predicted molar refractivity (Wildman–Crippen MR) is 458 cm³/mol. The van der Waals surface area contributed by atoms with E-state index in [4.69, 9.17) is 135 Å². The van der Waals surface area contributed by atoms with Crippen LogP contribution in [0.4, 0.5) is 29.2 Å². The van der Waals surface area contributed by atoms with E-state index in [1.807, 2.05) is 0 Å². The van der Waals surface area contributed by atoms with Crippen molar-refractivity contribution < 1.29 is 150 Å². The molecule has 63 nitrogen and oxygen atoms in total. The smallest absolute Gasteiger partial charge is 0.398 e. The number of carbonyl (C=O) groups is 1. The molecule has 0 radical (unpaired) electrons. The number of aliphatic hydroxyl groups is 3. The van der Waals surface area contributed by atoms with Crippen molar-refractivity contribution >= 4 is 171 Å². The standard InChI is InChI=1S/C22H26N10O13P2.C22H26N8O10P2S2.C21H26N10O12P2/c1-7(33)11-12-17(26-4-25-11)31(5-27-12)20-14(34)15-9(43-20)3-41-47(38,39)45-16-10(23)8(2-40-46(36,37)44-15)42-21(16)32-6-28-13-18(32)29-22(24)30-19(13)35;23-11-1-3-25-17-10(11)2-4-29(17)21-15(31)16-13(38-21)7-36-41(33,43)39-12-5-9(6-35-42(34,44)40-16)37-20(12)30-8-26-14-18(30)27-22(24)28-19(14)32;22-7-1-2-25-16-11(7)26-5-30(16)19-13(32)14-9(41-19)4-39-45(36,37)43-15-10(23)8(3-38-44(34,35)42-14)40-20(15)31-6-27-12-17(31)28-21(24)29-18(12)33/h4-6,8-10,14-16,20-21,34H,2-3,23H2,1H3,(H,36,37)(H,38,39)(H3,24,29,30,35);1-4,8-9,12-13,15-16,20-21,31H,5-7H2,(H2,23,25)(H,33,43)(H,34,44)(H3,24,27,28,32);1-2,5-6,8-10,13-15,19-20,32H,3-4,23H2,(H2,22,25)(H,34,35)(H,36,37)(H3,24,28,29,33)/t8-,9-,10-,14-,15-,16-,20-,21-;9?,12-,13-,15-,16-,20?,21-,41?,42?;8-,9-,10-,13-,14-,15-,19-,20-/m111/s1. The summed E-state index contributed by atoms with van der Waals surface area (Å²) in [6.45, 7) is -10.6. The van der Waals surface area contributed by atoms with Crippen LogP contribution in [-0.2, 0) is 117 Å². The fourth-order valence-corrected chi connectivity index (χ4v) is 23.3. The first kappa shape index (κ1) is 95.5. The summed E-state index contributed by atoms with van der Waals surface area (Å²) >= 11 is 9.44. The molecule has 9 aliphatic rings. The molecule has 0 aromatic carbocycles. The van der Waals surface area contributed by atoms with Gasteiger partial charge in [0.1, 0.15) is 114 Å². The maximum absolute atomic E-state index is 13.5. The predicted octanol–water partition coefficient (Wildman–Crippen LogP) is -2.57. The molecule has 25 N–H and O–H groups in total. The minimum atomic E-state index is -5.07. The van der Waals surface area contributed by atoms with Crippen LogP contribution < -0.4 is 56.8 Å². The molecule has 9 saturated heterocycles. The van der Waals surface area contributed by atoms with Gasteiger partial charge in [-0.25, -0.2) is 67.7 Å². The molecule has 0 aliphatic carbocycles. The van der Waals surface area contributed by atoms with Crippen molar-refractivity contribution in [2.45, 2.75) is 154 Å². The summed E-state index contributed by atoms with van der Waals surface area (Å²) in [6.07, 6.45) is -16.5. The van der Waals surface area contributed by atoms with Crippen LogP contribution in [0.5, 0.6) is 0 Å². The molecule has 0 saturated carbocycles. The number of rotatable bonds is 7. The second kappa shape index (κ2) is 36.4. The number of Topliss-reactive ketones (excluding diaryl/α,β-unsaturated/α-hetero) is 1. The Bertz CT molecular complexity index is 7200. The number of nitrogens with one attached hydrogen (secondary N) is 3. The fourth-order valence-electron chi connectivity index (χ4n) is 16.5. The van der Waals surface area contributed by atoms with Crippen molar-refractivity contribution in [3.8, 4) is 0 Å². The molecular weight excluding hydrogens is 1980 g/mol. The number of aromatic nitrogens is 21. The summed E-state index contributed by atoms with van der Waals surface area (Å²) in [6, 6.07) is 2.31. The number of ether oxygens (including phenoxy) is 6. The Morgan fingerprint density at radius 2 is 0.801 bits per heavy atom. The van der Waals surface area contributed by atoms with E-state index in [1.165, 1.54) is 67.2 Å². The maximum atomic E-state index is 13.5. The largest absolute Gasteiger partial charge is 0.472 e. The molecule has 0 spiro atoms. The molecule has 136 heavy (non-hydrogen) atoms. The summed E-state index contributed by atoms with van der Waals surface area (Å²) in [5.41, 5.74) is 41.3. The Kier molecular flexibility index (Phi) is 25.5. The number of pyridine rings is 2. The Morgan fingerprint density at radius 3 is 1.27 bits per heavy atom. The van der Waals surface area contributed by atoms with E-state index in [-0.39, 0.29) is 86.9 Å². The molecule has 21 rings (SSSR count). The van der Waals surface area contributed by atoms with E-state index in [2.05, 4.69) is 87.0 Å². The van der Waals surface area contributed by atoms with Gasteiger partial charge in [-0.1, -0.05) is 12.2 Å². The third kappa shape index (κ3) is 18.5. The number of phosphoric acid groups is 4. The van der Waals surface area contributed by atoms with Crippen molar-refractivity contribution in [3.05, 3.63) is 112 Å². The lowest BCUT2D eigenvalue weighted by Crippen LogP contribution is -2.42. The van der Waals surface area contributed by atoms with Crippen LogP contribution in [-0.4, -0.2) is 291 Å². The van der Waals surface area contributed by atoms with E-state index in [9.17, 15) is 81.8 Å². The molecule has 9 aliphatic heterocycles. The SMILES string of the molecule is CC(=O)c1ncnc2c1ncn2[C@@H]1O[C@@H]2COP(=O)(O)O[C@@H]3[C@H](N)[C@@H](COP(=O)(O)O[C@H]2[C@H]1O)O[C@H]3n1cnc2c(=O)[nH]c(N)nc21.Nc1nc2c(ncn2C2OC3COP(O)(=S)O[C@H]4[C@@H](O)[C@H](n5ccc6c(N)ccnc65)O[C@@H]4COP(=O)(S)O[C@@H]2C3)c(=O)[nH]1.Nc1nc2c(ncn2[C@@H]2O[C@@H]3COP(=O)(O)O[C@H]4[C@@H](O)[C@H](n5cnc6c(N)ccnc65)O[C@@H]4COP(=O)(O)O[C@@H]2[C@@H]3N)c(=O)[nH]1. The van der Waals surface area contributed by atoms with Gasteiger partial charge >= 0.3 is 44.8 Å². The lowest BCUT2D eigenvalue weighted by Gasteiger charge is -2.27. The Balaban J connectivity index is 0.000000131. The summed E-state index contributed by atoms with van der Waals surface area (Å²) in [5, 5.41) is 34.3. The number of aromatic amines is 3. The molecular formula is C65H78N28O35P6S2. The van der Waals surface area contributed by atoms with E-state index in [1.54, 1.807) is 22.9 Å². The van der Waals surface area contributed by atoms with E-state index in [0.717, 1.165) is 19.0 Å². The van der Waals surface area contributed by atoms with Crippen molar-refractivity contribution in [1.82, 2.24) is 102 Å². The van der Waals surface area contributed by atoms with Gasteiger partial charge in [0.2, 0.25) is 17.8 Å². The van der Waals surface area contributed by atoms with Crippen LogP contribution in [0.2, 0.25) is 0 Å². The van der Waals surface area contributed by atoms with Gasteiger partial charge in [0, 0.05) is 43.0 Å². The zero-order chi connectivity index (χ0) is 96.2. The third-order valence-electron chi connectivity index (χ3n) is 22.7. The van der Waals surface area contributed by atoms with E-state index in [0.29, 0.717) is 27.9 Å². The third-order valence-corrected chi connectivity index (χ3v) is 29.8. The van der Waals surface area contributed by atoms with Gasteiger partial charge in [0.25, 0.3) is 16.7 Å². The number of nitrogens with two attached hydrogens (primary N) is 7. The van der Waals surface area contributed by atoms with Crippen LogP contribution in [0.1, 0.15) is 61.2 Å². The Morgan fingerprint density at radius 1 is 0.419 bits per heavy atom. The van der Waals surface area contributed by atoms with Crippen LogP contribution in [0.15, 0.2) is 89.1 Å². The minimum Gasteiger partial charge on any atom is -0.398 e. The summed E-state index contributed by atoms with van der Waals surface area (Å²) < 4.78 is 175. The summed E-state index contributed by atoms with van der Waals surface area (Å²) in [5.74, 6) is -1.07. The lowest BCUT2D eigenvalue weighted by molar-refractivity contribution is -0.0671. The van der Waals surface area contributed by atoms with Gasteiger partial charge in [-0.05, 0) is 30.0 Å². The topological polar surface area (TPSA) is 895 Å². The number of thiol groups is 1. The molecule has 29 atom stereocenters. The molecule has 0 amide bonds. The highest BCUT2D eigenvalue weighted by Crippen LogP contribution is 2.61. The average molecular weight is 2060 g/mol. The van der Waals surface area contributed by atoms with E-state index < -0.39 is 241 Å². The number of hydrogen-bond acceptors (Lipinski definition) is 50. The van der Waals surface area contributed by atoms with Crippen LogP contribution >= 0.6 is 57.1 Å². The normalized spacial score (nSPS) is 36.9. The zero-order valence-electron chi connectivity index (χ0n) is 68.9. The minimum absolute atomic E-state index is 0.00175. The first-order valence-corrected chi connectivity index (χ1v) is 51.3. The Labute approximate surface area is 765 Å². The average Bonchev–Trinajstić information content (AvgIpc) is 1.62. The number of imidazole rings is 5. The number of nitrogens with zero attached hydrogens (tertiary/aromatic N) is 18. The molecule has 9 fully saturated rings. The van der Waals surface area contributed by atoms with Gasteiger partial charge < -0.3 is 117 Å². The molecule has 730 valence electrons. The van der Waals surface area contributed by atoms with Crippen LogP contribution in [0.25, 0.3) is 66.9 Å². The molecule has 8 unspecified atom stereocenters.